The number of nitrogens with zero attached hydrogens (tertiary/aromatic N) is 2. The number of carbonyl (C=O) groups is 3. The molecule has 0 saturated carbocycles. The molecule has 0 aliphatic carbocycles. The van der Waals surface area contributed by atoms with Gasteiger partial charge in [0.15, 0.2) is 6.10 Å². The number of hydrogen-bond donors (Lipinski definition) is 0. The maximum Gasteiger partial charge on any atom is 0.508 e. The van der Waals surface area contributed by atoms with Crippen LogP contribution < -0.4 is 9.64 Å². The second-order valence-corrected chi connectivity index (χ2v) is 8.50. The number of esters is 1. The molecule has 1 saturated heterocycles. The van der Waals surface area contributed by atoms with Crippen molar-refractivity contribution in [3.8, 4) is 5.88 Å². The number of anilines is 1. The molecule has 31 heavy (non-hydrogen) atoms. The summed E-state index contributed by atoms with van der Waals surface area (Å²) in [4.78, 5) is 42.3. The summed E-state index contributed by atoms with van der Waals surface area (Å²) in [5.41, 5.74) is 0.0990. The average molecular weight is 437 g/mol. The Labute approximate surface area is 183 Å². The number of methoxy groups -OCH3 is 1. The molecule has 9 heteroatoms. The van der Waals surface area contributed by atoms with E-state index in [1.807, 2.05) is 33.8 Å². The van der Waals surface area contributed by atoms with E-state index in [0.29, 0.717) is 24.5 Å². The third-order valence-corrected chi connectivity index (χ3v) is 4.90. The molecule has 0 radical (unpaired) electrons. The number of pyridine rings is 1. The molecule has 2 unspecified atom stereocenters. The van der Waals surface area contributed by atoms with Gasteiger partial charge in [0.05, 0.1) is 20.3 Å². The highest BCUT2D eigenvalue weighted by Gasteiger charge is 2.36. The highest BCUT2D eigenvalue weighted by molar-refractivity contribution is 5.97. The van der Waals surface area contributed by atoms with Gasteiger partial charge in [0, 0.05) is 17.9 Å². The van der Waals surface area contributed by atoms with Crippen molar-refractivity contribution < 1.29 is 33.3 Å². The van der Waals surface area contributed by atoms with Gasteiger partial charge < -0.3 is 18.9 Å². The van der Waals surface area contributed by atoms with Crippen LogP contribution in [0.25, 0.3) is 0 Å². The summed E-state index contributed by atoms with van der Waals surface area (Å²) in [7, 11) is 1.50. The van der Waals surface area contributed by atoms with Crippen LogP contribution in [-0.4, -0.2) is 56.0 Å². The molecule has 1 aliphatic rings. The van der Waals surface area contributed by atoms with Crippen LogP contribution in [0.5, 0.6) is 5.88 Å². The molecule has 1 aliphatic heterocycles. The SMILES string of the molecule is CCC(=O)OCCC(C)c1ccc(OC)nc1N(CC1COC(=O)O1)C(=O)C(C)(C)C. The lowest BCUT2D eigenvalue weighted by molar-refractivity contribution is -0.143. The second-order valence-electron chi connectivity index (χ2n) is 8.50. The van der Waals surface area contributed by atoms with Gasteiger partial charge in [-0.15, -0.1) is 0 Å². The molecular weight excluding hydrogens is 404 g/mol. The van der Waals surface area contributed by atoms with Crippen molar-refractivity contribution in [2.45, 2.75) is 59.5 Å². The Morgan fingerprint density at radius 1 is 1.32 bits per heavy atom. The fraction of sp³-hybridized carbons (Fsp3) is 0.636. The molecule has 2 rings (SSSR count). The van der Waals surface area contributed by atoms with Crippen LogP contribution in [0.1, 0.15) is 58.9 Å². The number of hydrogen-bond acceptors (Lipinski definition) is 8. The fourth-order valence-electron chi connectivity index (χ4n) is 3.09. The van der Waals surface area contributed by atoms with E-state index in [1.165, 1.54) is 12.0 Å². The van der Waals surface area contributed by atoms with Crippen LogP contribution in [0.4, 0.5) is 10.6 Å². The first kappa shape index (κ1) is 24.4. The number of ether oxygens (including phenoxy) is 4. The minimum atomic E-state index is -0.752. The molecule has 1 aromatic heterocycles. The van der Waals surface area contributed by atoms with Crippen LogP contribution in [0.15, 0.2) is 12.1 Å². The number of rotatable bonds is 9. The Kier molecular flexibility index (Phi) is 8.24. The molecule has 1 fully saturated rings. The van der Waals surface area contributed by atoms with E-state index >= 15 is 0 Å². The lowest BCUT2D eigenvalue weighted by Crippen LogP contribution is -2.45. The van der Waals surface area contributed by atoms with Crippen molar-refractivity contribution in [3.05, 3.63) is 17.7 Å². The van der Waals surface area contributed by atoms with Gasteiger partial charge >= 0.3 is 12.1 Å². The first-order valence-electron chi connectivity index (χ1n) is 10.4. The third kappa shape index (κ3) is 6.57. The summed E-state index contributed by atoms with van der Waals surface area (Å²) in [5.74, 6) is 0.289. The zero-order chi connectivity index (χ0) is 23.2. The van der Waals surface area contributed by atoms with Gasteiger partial charge in [0.25, 0.3) is 0 Å². The van der Waals surface area contributed by atoms with Gasteiger partial charge in [-0.05, 0) is 24.0 Å². The minimum Gasteiger partial charge on any atom is -0.481 e. The molecule has 0 spiro atoms. The topological polar surface area (TPSA) is 104 Å². The van der Waals surface area contributed by atoms with E-state index < -0.39 is 17.7 Å². The van der Waals surface area contributed by atoms with E-state index in [2.05, 4.69) is 4.98 Å². The predicted octanol–water partition coefficient (Wildman–Crippen LogP) is 3.45. The largest absolute Gasteiger partial charge is 0.508 e. The summed E-state index contributed by atoms with van der Waals surface area (Å²) in [6.45, 7) is 9.59. The lowest BCUT2D eigenvalue weighted by Gasteiger charge is -2.32. The molecule has 1 amide bonds. The summed E-state index contributed by atoms with van der Waals surface area (Å²) in [5, 5.41) is 0. The second kappa shape index (κ2) is 10.5. The quantitative estimate of drug-likeness (QED) is 0.542. The molecule has 0 N–H and O–H groups in total. The number of amides is 1. The Morgan fingerprint density at radius 2 is 2.03 bits per heavy atom. The molecule has 1 aromatic rings. The van der Waals surface area contributed by atoms with Crippen LogP contribution in [0.3, 0.4) is 0 Å². The van der Waals surface area contributed by atoms with Gasteiger partial charge in [-0.1, -0.05) is 34.6 Å². The molecule has 9 nitrogen and oxygen atoms in total. The Hall–Kier alpha value is -2.84. The Balaban J connectivity index is 2.38. The summed E-state index contributed by atoms with van der Waals surface area (Å²) >= 11 is 0. The summed E-state index contributed by atoms with van der Waals surface area (Å²) < 4.78 is 20.6. The van der Waals surface area contributed by atoms with E-state index in [1.54, 1.807) is 13.0 Å². The predicted molar refractivity (Wildman–Crippen MR) is 113 cm³/mol. The van der Waals surface area contributed by atoms with Crippen molar-refractivity contribution in [1.29, 1.82) is 0 Å². The van der Waals surface area contributed by atoms with Gasteiger partial charge in [-0.2, -0.15) is 4.98 Å². The summed E-state index contributed by atoms with van der Waals surface area (Å²) in [6, 6.07) is 3.58. The standard InChI is InChI=1S/C22H32N2O7/c1-7-18(25)29-11-10-14(2)16-8-9-17(28-6)23-19(16)24(20(26)22(3,4)5)12-15-13-30-21(27)31-15/h8-9,14-15H,7,10-13H2,1-6H3. The normalized spacial score (nSPS) is 16.8. The molecule has 2 heterocycles. The van der Waals surface area contributed by atoms with Crippen LogP contribution in [0.2, 0.25) is 0 Å². The van der Waals surface area contributed by atoms with Crippen molar-refractivity contribution in [2.75, 3.05) is 31.8 Å². The zero-order valence-corrected chi connectivity index (χ0v) is 19.1. The maximum atomic E-state index is 13.3. The third-order valence-electron chi connectivity index (χ3n) is 4.90. The highest BCUT2D eigenvalue weighted by Crippen LogP contribution is 2.33. The molecule has 0 bridgehead atoms. The van der Waals surface area contributed by atoms with Crippen LogP contribution >= 0.6 is 0 Å². The minimum absolute atomic E-state index is 0.0595. The number of aromatic nitrogens is 1. The fourth-order valence-corrected chi connectivity index (χ4v) is 3.09. The van der Waals surface area contributed by atoms with Gasteiger partial charge in [0.1, 0.15) is 12.4 Å². The van der Waals surface area contributed by atoms with E-state index in [9.17, 15) is 14.4 Å². The molecule has 172 valence electrons. The first-order chi connectivity index (χ1) is 14.6. The van der Waals surface area contributed by atoms with E-state index in [0.717, 1.165) is 5.56 Å². The zero-order valence-electron chi connectivity index (χ0n) is 19.1. The highest BCUT2D eigenvalue weighted by atomic mass is 16.8. The summed E-state index contributed by atoms with van der Waals surface area (Å²) in [6.07, 6.45) is -0.468. The monoisotopic (exact) mass is 436 g/mol. The smallest absolute Gasteiger partial charge is 0.481 e. The number of carbonyl (C=O) groups excluding carboxylic acids is 3. The van der Waals surface area contributed by atoms with Gasteiger partial charge in [-0.25, -0.2) is 4.79 Å². The molecule has 0 aromatic carbocycles. The average Bonchev–Trinajstić information content (AvgIpc) is 3.14. The van der Waals surface area contributed by atoms with E-state index in [-0.39, 0.29) is 37.6 Å². The van der Waals surface area contributed by atoms with Crippen LogP contribution in [0, 0.1) is 5.41 Å². The molecule has 2 atom stereocenters. The Bertz CT molecular complexity index is 804. The lowest BCUT2D eigenvalue weighted by atomic mass is 9.93. The van der Waals surface area contributed by atoms with Gasteiger partial charge in [-0.3, -0.25) is 14.5 Å². The van der Waals surface area contributed by atoms with Crippen molar-refractivity contribution in [1.82, 2.24) is 4.98 Å². The Morgan fingerprint density at radius 3 is 2.58 bits per heavy atom. The van der Waals surface area contributed by atoms with E-state index in [4.69, 9.17) is 18.9 Å². The first-order valence-corrected chi connectivity index (χ1v) is 10.4. The maximum absolute atomic E-state index is 13.3. The van der Waals surface area contributed by atoms with Crippen LogP contribution in [-0.2, 0) is 23.8 Å². The van der Waals surface area contributed by atoms with Gasteiger partial charge in [0.2, 0.25) is 11.8 Å². The number of cyclic esters (lactones) is 2. The van der Waals surface area contributed by atoms with Crippen molar-refractivity contribution in [3.63, 3.8) is 0 Å². The van der Waals surface area contributed by atoms with Crippen molar-refractivity contribution in [2.24, 2.45) is 5.41 Å². The van der Waals surface area contributed by atoms with Crippen molar-refractivity contribution >= 4 is 23.8 Å². The molecular formula is C22H32N2O7.